The molecule has 0 radical (unpaired) electrons. The van der Waals surface area contributed by atoms with Gasteiger partial charge in [-0.25, -0.2) is 4.98 Å². The predicted molar refractivity (Wildman–Crippen MR) is 67.1 cm³/mol. The van der Waals surface area contributed by atoms with E-state index in [-0.39, 0.29) is 0 Å². The molecule has 0 aliphatic heterocycles. The Labute approximate surface area is 96.1 Å². The van der Waals surface area contributed by atoms with E-state index in [1.165, 1.54) is 5.56 Å². The summed E-state index contributed by atoms with van der Waals surface area (Å²) in [6.07, 6.45) is 3.78. The predicted octanol–water partition coefficient (Wildman–Crippen LogP) is 3.00. The molecule has 0 atom stereocenters. The zero-order valence-corrected chi connectivity index (χ0v) is 9.94. The Hall–Kier alpha value is -1.77. The second-order valence-corrected chi connectivity index (χ2v) is 4.26. The third-order valence-corrected chi connectivity index (χ3v) is 2.34. The highest BCUT2D eigenvalue weighted by atomic mass is 15.2. The van der Waals surface area contributed by atoms with Gasteiger partial charge in [0, 0.05) is 24.1 Å². The summed E-state index contributed by atoms with van der Waals surface area (Å²) in [6.45, 7) is 6.31. The number of rotatable bonds is 3. The van der Waals surface area contributed by atoms with Crippen LogP contribution in [0.15, 0.2) is 36.7 Å². The fourth-order valence-electron chi connectivity index (χ4n) is 1.65. The van der Waals surface area contributed by atoms with Crippen LogP contribution in [0.1, 0.15) is 19.4 Å². The van der Waals surface area contributed by atoms with Crippen molar-refractivity contribution >= 4 is 5.95 Å². The first-order chi connectivity index (χ1) is 7.66. The van der Waals surface area contributed by atoms with Gasteiger partial charge in [0.25, 0.3) is 0 Å². The molecule has 0 aliphatic carbocycles. The van der Waals surface area contributed by atoms with Crippen molar-refractivity contribution in [3.63, 3.8) is 0 Å². The van der Waals surface area contributed by atoms with E-state index in [9.17, 15) is 0 Å². The number of imidazole rings is 1. The monoisotopic (exact) mass is 215 g/mol. The Morgan fingerprint density at radius 2 is 2.12 bits per heavy atom. The minimum Gasteiger partial charge on any atom is -0.353 e. The summed E-state index contributed by atoms with van der Waals surface area (Å²) >= 11 is 0. The van der Waals surface area contributed by atoms with Crippen molar-refractivity contribution in [1.82, 2.24) is 9.55 Å². The molecular weight excluding hydrogens is 198 g/mol. The van der Waals surface area contributed by atoms with Crippen LogP contribution in [0.2, 0.25) is 0 Å². The van der Waals surface area contributed by atoms with Crippen LogP contribution in [0.3, 0.4) is 0 Å². The first-order valence-electron chi connectivity index (χ1n) is 5.54. The summed E-state index contributed by atoms with van der Waals surface area (Å²) in [5.41, 5.74) is 2.39. The number of benzene rings is 1. The highest BCUT2D eigenvalue weighted by molar-refractivity contribution is 5.43. The molecule has 1 aromatic carbocycles. The Kier molecular flexibility index (Phi) is 2.95. The summed E-state index contributed by atoms with van der Waals surface area (Å²) in [7, 11) is 0. The van der Waals surface area contributed by atoms with Crippen LogP contribution in [0.4, 0.5) is 5.95 Å². The normalized spacial score (nSPS) is 10.8. The molecule has 3 heteroatoms. The highest BCUT2D eigenvalue weighted by Gasteiger charge is 2.05. The molecule has 2 rings (SSSR count). The van der Waals surface area contributed by atoms with E-state index in [1.807, 2.05) is 12.4 Å². The molecule has 0 unspecified atom stereocenters. The van der Waals surface area contributed by atoms with Crippen molar-refractivity contribution in [2.45, 2.75) is 26.8 Å². The third-order valence-electron chi connectivity index (χ3n) is 2.34. The van der Waals surface area contributed by atoms with Gasteiger partial charge < -0.3 is 5.32 Å². The Morgan fingerprint density at radius 1 is 1.31 bits per heavy atom. The number of nitrogens with zero attached hydrogens (tertiary/aromatic N) is 2. The number of anilines is 1. The van der Waals surface area contributed by atoms with Gasteiger partial charge in [0.05, 0.1) is 0 Å². The average Bonchev–Trinajstić information content (AvgIpc) is 2.65. The molecular formula is C13H17N3. The van der Waals surface area contributed by atoms with Crippen LogP contribution in [-0.2, 0) is 0 Å². The lowest BCUT2D eigenvalue weighted by Crippen LogP contribution is -2.13. The standard InChI is InChI=1S/C13H17N3/c1-10(2)15-13-14-7-8-16(13)12-6-4-5-11(3)9-12/h4-10H,1-3H3,(H,14,15). The second-order valence-electron chi connectivity index (χ2n) is 4.26. The molecule has 0 aliphatic rings. The van der Waals surface area contributed by atoms with Gasteiger partial charge in [0.15, 0.2) is 0 Å². The van der Waals surface area contributed by atoms with Gasteiger partial charge in [0.1, 0.15) is 0 Å². The maximum atomic E-state index is 4.31. The molecule has 16 heavy (non-hydrogen) atoms. The maximum Gasteiger partial charge on any atom is 0.207 e. The largest absolute Gasteiger partial charge is 0.353 e. The molecule has 3 nitrogen and oxygen atoms in total. The molecule has 0 spiro atoms. The molecule has 1 aromatic heterocycles. The fourth-order valence-corrected chi connectivity index (χ4v) is 1.65. The summed E-state index contributed by atoms with van der Waals surface area (Å²) in [4.78, 5) is 4.31. The lowest BCUT2D eigenvalue weighted by Gasteiger charge is -2.12. The Bertz CT molecular complexity index is 472. The van der Waals surface area contributed by atoms with Crippen molar-refractivity contribution in [3.8, 4) is 5.69 Å². The van der Waals surface area contributed by atoms with Crippen LogP contribution >= 0.6 is 0 Å². The quantitative estimate of drug-likeness (QED) is 0.853. The molecule has 2 aromatic rings. The third kappa shape index (κ3) is 2.24. The first kappa shape index (κ1) is 10.7. The average molecular weight is 215 g/mol. The topological polar surface area (TPSA) is 29.9 Å². The summed E-state index contributed by atoms with van der Waals surface area (Å²) < 4.78 is 2.06. The fraction of sp³-hybridized carbons (Fsp3) is 0.308. The molecule has 0 saturated heterocycles. The molecule has 0 saturated carbocycles. The molecule has 0 bridgehead atoms. The summed E-state index contributed by atoms with van der Waals surface area (Å²) in [5, 5.41) is 3.32. The number of nitrogens with one attached hydrogen (secondary N) is 1. The SMILES string of the molecule is Cc1cccc(-n2ccnc2NC(C)C)c1. The van der Waals surface area contributed by atoms with E-state index in [0.717, 1.165) is 11.6 Å². The molecule has 0 fully saturated rings. The lowest BCUT2D eigenvalue weighted by molar-refractivity contribution is 0.864. The molecule has 1 N–H and O–H groups in total. The van der Waals surface area contributed by atoms with Crippen LogP contribution in [0.5, 0.6) is 0 Å². The van der Waals surface area contributed by atoms with E-state index in [1.54, 1.807) is 0 Å². The lowest BCUT2D eigenvalue weighted by atomic mass is 10.2. The van der Waals surface area contributed by atoms with Gasteiger partial charge in [-0.05, 0) is 38.5 Å². The van der Waals surface area contributed by atoms with Crippen molar-refractivity contribution in [2.75, 3.05) is 5.32 Å². The van der Waals surface area contributed by atoms with Gasteiger partial charge in [-0.1, -0.05) is 12.1 Å². The van der Waals surface area contributed by atoms with E-state index in [0.29, 0.717) is 6.04 Å². The van der Waals surface area contributed by atoms with E-state index in [2.05, 4.69) is 59.9 Å². The minimum atomic E-state index is 0.381. The van der Waals surface area contributed by atoms with Crippen molar-refractivity contribution in [1.29, 1.82) is 0 Å². The molecule has 84 valence electrons. The van der Waals surface area contributed by atoms with Crippen LogP contribution in [0.25, 0.3) is 5.69 Å². The number of aryl methyl sites for hydroxylation is 1. The second kappa shape index (κ2) is 4.39. The zero-order valence-electron chi connectivity index (χ0n) is 9.94. The molecule has 0 amide bonds. The van der Waals surface area contributed by atoms with E-state index < -0.39 is 0 Å². The smallest absolute Gasteiger partial charge is 0.207 e. The highest BCUT2D eigenvalue weighted by Crippen LogP contribution is 2.16. The van der Waals surface area contributed by atoms with Crippen LogP contribution < -0.4 is 5.32 Å². The Balaban J connectivity index is 2.37. The summed E-state index contributed by atoms with van der Waals surface area (Å²) in [5.74, 6) is 0.889. The van der Waals surface area contributed by atoms with Crippen molar-refractivity contribution in [3.05, 3.63) is 42.2 Å². The zero-order chi connectivity index (χ0) is 11.5. The van der Waals surface area contributed by atoms with Gasteiger partial charge in [-0.2, -0.15) is 0 Å². The number of hydrogen-bond donors (Lipinski definition) is 1. The van der Waals surface area contributed by atoms with E-state index >= 15 is 0 Å². The maximum absolute atomic E-state index is 4.31. The first-order valence-corrected chi connectivity index (χ1v) is 5.54. The summed E-state index contributed by atoms with van der Waals surface area (Å²) in [6, 6.07) is 8.76. The number of hydrogen-bond acceptors (Lipinski definition) is 2. The van der Waals surface area contributed by atoms with Gasteiger partial charge in [-0.3, -0.25) is 4.57 Å². The minimum absolute atomic E-state index is 0.381. The van der Waals surface area contributed by atoms with E-state index in [4.69, 9.17) is 0 Å². The van der Waals surface area contributed by atoms with Crippen LogP contribution in [0, 0.1) is 6.92 Å². The van der Waals surface area contributed by atoms with Crippen LogP contribution in [-0.4, -0.2) is 15.6 Å². The molecule has 1 heterocycles. The van der Waals surface area contributed by atoms with Gasteiger partial charge >= 0.3 is 0 Å². The van der Waals surface area contributed by atoms with Crippen molar-refractivity contribution < 1.29 is 0 Å². The van der Waals surface area contributed by atoms with Gasteiger partial charge in [-0.15, -0.1) is 0 Å². The Morgan fingerprint density at radius 3 is 2.81 bits per heavy atom. The van der Waals surface area contributed by atoms with Gasteiger partial charge in [0.2, 0.25) is 5.95 Å². The number of aromatic nitrogens is 2. The van der Waals surface area contributed by atoms with Crippen molar-refractivity contribution in [2.24, 2.45) is 0 Å².